The van der Waals surface area contributed by atoms with Gasteiger partial charge in [0, 0.05) is 24.4 Å². The molecule has 0 radical (unpaired) electrons. The molecule has 0 spiro atoms. The lowest BCUT2D eigenvalue weighted by Crippen LogP contribution is -1.98. The van der Waals surface area contributed by atoms with Crippen LogP contribution in [0.1, 0.15) is 12.0 Å². The van der Waals surface area contributed by atoms with Crippen LogP contribution in [0, 0.1) is 6.92 Å². The first kappa shape index (κ1) is 13.2. The number of nitrogens with one attached hydrogen (secondary N) is 1. The Hall–Kier alpha value is -1.75. The van der Waals surface area contributed by atoms with Gasteiger partial charge in [-0.05, 0) is 46.6 Å². The molecule has 0 bridgehead atoms. The maximum atomic E-state index is 5.68. The van der Waals surface area contributed by atoms with Crippen molar-refractivity contribution in [2.75, 3.05) is 18.5 Å². The molecule has 0 saturated carbocycles. The predicted octanol–water partition coefficient (Wildman–Crippen LogP) is 4.06. The maximum absolute atomic E-state index is 5.68. The molecule has 1 N–H and O–H groups in total. The molecule has 4 nitrogen and oxygen atoms in total. The molecule has 0 saturated heterocycles. The summed E-state index contributed by atoms with van der Waals surface area (Å²) in [5.41, 5.74) is 2.06. The molecule has 0 atom stereocenters. The molecular formula is C15H15BrN2O2. The molecule has 1 aliphatic rings. The molecule has 20 heavy (non-hydrogen) atoms. The number of fused-ring (bicyclic) bond motifs is 1. The summed E-state index contributed by atoms with van der Waals surface area (Å²) in [5, 5.41) is 3.29. The van der Waals surface area contributed by atoms with E-state index in [2.05, 4.69) is 26.2 Å². The van der Waals surface area contributed by atoms with Crippen LogP contribution in [0.5, 0.6) is 11.5 Å². The van der Waals surface area contributed by atoms with Crippen molar-refractivity contribution in [2.24, 2.45) is 0 Å². The Morgan fingerprint density at radius 2 is 1.95 bits per heavy atom. The predicted molar refractivity (Wildman–Crippen MR) is 82.0 cm³/mol. The van der Waals surface area contributed by atoms with Crippen LogP contribution in [0.15, 0.2) is 34.9 Å². The quantitative estimate of drug-likeness (QED) is 0.899. The van der Waals surface area contributed by atoms with Gasteiger partial charge in [0.2, 0.25) is 0 Å². The highest BCUT2D eigenvalue weighted by Crippen LogP contribution is 2.34. The Labute approximate surface area is 126 Å². The summed E-state index contributed by atoms with van der Waals surface area (Å²) in [4.78, 5) is 4.33. The first-order valence-electron chi connectivity index (χ1n) is 6.52. The average Bonchev–Trinajstić information content (AvgIpc) is 2.69. The second-order valence-corrected chi connectivity index (χ2v) is 5.42. The van der Waals surface area contributed by atoms with E-state index < -0.39 is 0 Å². The van der Waals surface area contributed by atoms with Gasteiger partial charge in [-0.2, -0.15) is 0 Å². The minimum Gasteiger partial charge on any atom is -0.490 e. The van der Waals surface area contributed by atoms with E-state index in [9.17, 15) is 0 Å². The molecular weight excluding hydrogens is 320 g/mol. The number of nitrogens with zero attached hydrogens (tertiary/aromatic N) is 1. The van der Waals surface area contributed by atoms with Crippen LogP contribution in [-0.2, 0) is 0 Å². The van der Waals surface area contributed by atoms with Crippen LogP contribution in [0.4, 0.5) is 11.5 Å². The van der Waals surface area contributed by atoms with Gasteiger partial charge in [-0.1, -0.05) is 0 Å². The number of hydrogen-bond acceptors (Lipinski definition) is 4. The molecule has 0 unspecified atom stereocenters. The largest absolute Gasteiger partial charge is 0.490 e. The van der Waals surface area contributed by atoms with Crippen molar-refractivity contribution in [3.05, 3.63) is 40.5 Å². The summed E-state index contributed by atoms with van der Waals surface area (Å²) in [7, 11) is 0. The van der Waals surface area contributed by atoms with Gasteiger partial charge in [-0.3, -0.25) is 0 Å². The van der Waals surface area contributed by atoms with Crippen LogP contribution < -0.4 is 14.8 Å². The van der Waals surface area contributed by atoms with Crippen molar-refractivity contribution in [1.82, 2.24) is 4.98 Å². The fourth-order valence-electron chi connectivity index (χ4n) is 2.01. The van der Waals surface area contributed by atoms with Crippen molar-refractivity contribution in [3.63, 3.8) is 0 Å². The van der Waals surface area contributed by atoms with Gasteiger partial charge in [0.25, 0.3) is 0 Å². The van der Waals surface area contributed by atoms with E-state index in [1.54, 1.807) is 6.20 Å². The molecule has 3 rings (SSSR count). The average molecular weight is 335 g/mol. The summed E-state index contributed by atoms with van der Waals surface area (Å²) < 4.78 is 12.3. The summed E-state index contributed by atoms with van der Waals surface area (Å²) in [6.45, 7) is 3.42. The zero-order valence-electron chi connectivity index (χ0n) is 11.1. The highest BCUT2D eigenvalue weighted by atomic mass is 79.9. The zero-order valence-corrected chi connectivity index (χ0v) is 12.7. The fourth-order valence-corrected chi connectivity index (χ4v) is 2.34. The van der Waals surface area contributed by atoms with Crippen LogP contribution in [0.2, 0.25) is 0 Å². The number of rotatable bonds is 2. The lowest BCUT2D eigenvalue weighted by atomic mass is 10.2. The van der Waals surface area contributed by atoms with E-state index in [1.807, 2.05) is 31.2 Å². The summed E-state index contributed by atoms with van der Waals surface area (Å²) in [6, 6.07) is 7.79. The third kappa shape index (κ3) is 2.72. The molecule has 2 aromatic rings. The van der Waals surface area contributed by atoms with Gasteiger partial charge in [0.15, 0.2) is 11.5 Å². The molecule has 104 valence electrons. The standard InChI is InChI=1S/C15H15BrN2O2/c1-10-5-6-17-15(14(10)16)18-11-3-4-12-13(9-11)20-8-2-7-19-12/h3-6,9H,2,7-8H2,1H3,(H,17,18). The number of benzene rings is 1. The van der Waals surface area contributed by atoms with Crippen LogP contribution in [-0.4, -0.2) is 18.2 Å². The van der Waals surface area contributed by atoms with Crippen LogP contribution in [0.25, 0.3) is 0 Å². The number of aryl methyl sites for hydroxylation is 1. The Morgan fingerprint density at radius 3 is 2.80 bits per heavy atom. The molecule has 0 fully saturated rings. The Kier molecular flexibility index (Phi) is 3.78. The third-order valence-corrected chi connectivity index (χ3v) is 4.09. The minimum atomic E-state index is 0.683. The lowest BCUT2D eigenvalue weighted by Gasteiger charge is -2.12. The van der Waals surface area contributed by atoms with Crippen LogP contribution in [0.3, 0.4) is 0 Å². The van der Waals surface area contributed by atoms with Gasteiger partial charge in [-0.25, -0.2) is 4.98 Å². The van der Waals surface area contributed by atoms with E-state index in [0.717, 1.165) is 39.5 Å². The Bertz CT molecular complexity index is 631. The highest BCUT2D eigenvalue weighted by molar-refractivity contribution is 9.10. The number of anilines is 2. The van der Waals surface area contributed by atoms with E-state index in [-0.39, 0.29) is 0 Å². The van der Waals surface area contributed by atoms with Crippen molar-refractivity contribution in [1.29, 1.82) is 0 Å². The van der Waals surface area contributed by atoms with Crippen molar-refractivity contribution >= 4 is 27.4 Å². The van der Waals surface area contributed by atoms with Crippen molar-refractivity contribution in [3.8, 4) is 11.5 Å². The highest BCUT2D eigenvalue weighted by Gasteiger charge is 2.11. The second kappa shape index (κ2) is 5.71. The van der Waals surface area contributed by atoms with Gasteiger partial charge < -0.3 is 14.8 Å². The lowest BCUT2D eigenvalue weighted by molar-refractivity contribution is 0.297. The summed E-state index contributed by atoms with van der Waals surface area (Å²) in [5.74, 6) is 2.36. The normalized spacial score (nSPS) is 13.7. The van der Waals surface area contributed by atoms with Crippen molar-refractivity contribution < 1.29 is 9.47 Å². The smallest absolute Gasteiger partial charge is 0.163 e. The fraction of sp³-hybridized carbons (Fsp3) is 0.267. The van der Waals surface area contributed by atoms with E-state index in [4.69, 9.17) is 9.47 Å². The number of ether oxygens (including phenoxy) is 2. The first-order valence-corrected chi connectivity index (χ1v) is 7.31. The Morgan fingerprint density at radius 1 is 1.15 bits per heavy atom. The second-order valence-electron chi connectivity index (χ2n) is 4.63. The molecule has 1 aliphatic heterocycles. The summed E-state index contributed by atoms with van der Waals surface area (Å²) >= 11 is 3.54. The molecule has 5 heteroatoms. The molecule has 1 aromatic carbocycles. The summed E-state index contributed by atoms with van der Waals surface area (Å²) in [6.07, 6.45) is 2.69. The number of hydrogen-bond donors (Lipinski definition) is 1. The molecule has 0 aliphatic carbocycles. The number of aromatic nitrogens is 1. The first-order chi connectivity index (χ1) is 9.74. The molecule has 2 heterocycles. The zero-order chi connectivity index (χ0) is 13.9. The molecule has 0 amide bonds. The SMILES string of the molecule is Cc1ccnc(Nc2ccc3c(c2)OCCCO3)c1Br. The minimum absolute atomic E-state index is 0.683. The number of pyridine rings is 1. The topological polar surface area (TPSA) is 43.4 Å². The van der Waals surface area contributed by atoms with E-state index in [1.165, 1.54) is 0 Å². The number of halogens is 1. The third-order valence-electron chi connectivity index (χ3n) is 3.09. The van der Waals surface area contributed by atoms with Gasteiger partial charge in [0.05, 0.1) is 17.7 Å². The van der Waals surface area contributed by atoms with Crippen LogP contribution >= 0.6 is 15.9 Å². The van der Waals surface area contributed by atoms with Gasteiger partial charge in [0.1, 0.15) is 5.82 Å². The van der Waals surface area contributed by atoms with E-state index >= 15 is 0 Å². The Balaban J connectivity index is 1.88. The monoisotopic (exact) mass is 334 g/mol. The van der Waals surface area contributed by atoms with Crippen molar-refractivity contribution in [2.45, 2.75) is 13.3 Å². The molecule has 1 aromatic heterocycles. The van der Waals surface area contributed by atoms with Gasteiger partial charge >= 0.3 is 0 Å². The maximum Gasteiger partial charge on any atom is 0.163 e. The van der Waals surface area contributed by atoms with E-state index in [0.29, 0.717) is 13.2 Å². The van der Waals surface area contributed by atoms with Gasteiger partial charge in [-0.15, -0.1) is 0 Å².